The normalized spacial score (nSPS) is 10.8. The van der Waals surface area contributed by atoms with Crippen molar-refractivity contribution in [1.82, 2.24) is 5.16 Å². The van der Waals surface area contributed by atoms with Crippen LogP contribution < -0.4 is 5.73 Å². The molecule has 1 aromatic heterocycles. The highest BCUT2D eigenvalue weighted by Gasteiger charge is 2.06. The Bertz CT molecular complexity index is 525. The maximum absolute atomic E-state index is 5.72. The second-order valence-corrected chi connectivity index (χ2v) is 5.05. The van der Waals surface area contributed by atoms with Gasteiger partial charge >= 0.3 is 0 Å². The number of nitrogen functional groups attached to an aromatic ring is 1. The summed E-state index contributed by atoms with van der Waals surface area (Å²) in [5, 5.41) is 4.00. The molecule has 5 heteroatoms. The zero-order valence-electron chi connectivity index (χ0n) is 10.5. The van der Waals surface area contributed by atoms with Crippen molar-refractivity contribution in [2.75, 3.05) is 12.8 Å². The van der Waals surface area contributed by atoms with E-state index in [2.05, 4.69) is 12.1 Å². The lowest BCUT2D eigenvalue weighted by atomic mass is 10.2. The van der Waals surface area contributed by atoms with Crippen LogP contribution in [0.15, 0.2) is 33.7 Å². The average Bonchev–Trinajstić information content (AvgIpc) is 2.76. The van der Waals surface area contributed by atoms with Crippen LogP contribution in [0.2, 0.25) is 0 Å². The molecule has 0 unspecified atom stereocenters. The molecule has 1 heterocycles. The van der Waals surface area contributed by atoms with E-state index in [9.17, 15) is 0 Å². The van der Waals surface area contributed by atoms with Crippen molar-refractivity contribution in [3.05, 3.63) is 41.3 Å². The summed E-state index contributed by atoms with van der Waals surface area (Å²) in [6.45, 7) is 2.51. The minimum atomic E-state index is 0.457. The van der Waals surface area contributed by atoms with Crippen LogP contribution in [0.1, 0.15) is 17.0 Å². The molecule has 0 aliphatic rings. The van der Waals surface area contributed by atoms with Gasteiger partial charge in [-0.2, -0.15) is 0 Å². The van der Waals surface area contributed by atoms with Crippen LogP contribution in [-0.4, -0.2) is 12.3 Å². The van der Waals surface area contributed by atoms with E-state index in [1.807, 2.05) is 24.3 Å². The smallest absolute Gasteiger partial charge is 0.162 e. The Morgan fingerprint density at radius 2 is 2.22 bits per heavy atom. The van der Waals surface area contributed by atoms with Crippen LogP contribution in [-0.2, 0) is 17.1 Å². The third kappa shape index (κ3) is 3.27. The number of aryl methyl sites for hydroxylation is 1. The zero-order chi connectivity index (χ0) is 13.0. The number of nitrogens with two attached hydrogens (primary N) is 1. The van der Waals surface area contributed by atoms with Gasteiger partial charge in [-0.25, -0.2) is 0 Å². The topological polar surface area (TPSA) is 61.3 Å². The van der Waals surface area contributed by atoms with Crippen LogP contribution in [0.3, 0.4) is 0 Å². The Morgan fingerprint density at radius 1 is 1.39 bits per heavy atom. The first kappa shape index (κ1) is 13.0. The Balaban J connectivity index is 1.97. The molecule has 2 aromatic rings. The van der Waals surface area contributed by atoms with Gasteiger partial charge in [-0.1, -0.05) is 5.16 Å². The van der Waals surface area contributed by atoms with Crippen LogP contribution in [0, 0.1) is 6.92 Å². The Kier molecular flexibility index (Phi) is 4.28. The quantitative estimate of drug-likeness (QED) is 0.664. The minimum Gasteiger partial charge on any atom is -0.399 e. The molecule has 2 rings (SSSR count). The predicted octanol–water partition coefficient (Wildman–Crippen LogP) is 3.00. The molecule has 4 nitrogen and oxygen atoms in total. The van der Waals surface area contributed by atoms with Gasteiger partial charge in [-0.3, -0.25) is 0 Å². The fraction of sp³-hybridized carbons (Fsp3) is 0.308. The fourth-order valence-electron chi connectivity index (χ4n) is 1.62. The molecule has 0 radical (unpaired) electrons. The van der Waals surface area contributed by atoms with Crippen LogP contribution in [0.25, 0.3) is 0 Å². The number of benzene rings is 1. The van der Waals surface area contributed by atoms with Crippen molar-refractivity contribution in [2.45, 2.75) is 24.2 Å². The summed E-state index contributed by atoms with van der Waals surface area (Å²) in [6.07, 6.45) is 0. The van der Waals surface area contributed by atoms with E-state index in [0.717, 1.165) is 22.9 Å². The SMILES string of the molecule is COCc1cc(CSc2ccc(N)cc2C)no1. The van der Waals surface area contributed by atoms with Crippen molar-refractivity contribution in [3.63, 3.8) is 0 Å². The number of anilines is 1. The van der Waals surface area contributed by atoms with Crippen molar-refractivity contribution >= 4 is 17.4 Å². The highest BCUT2D eigenvalue weighted by molar-refractivity contribution is 7.98. The molecule has 0 spiro atoms. The summed E-state index contributed by atoms with van der Waals surface area (Å²) in [5.74, 6) is 1.53. The van der Waals surface area contributed by atoms with Crippen molar-refractivity contribution in [2.24, 2.45) is 0 Å². The number of ether oxygens (including phenoxy) is 1. The molecule has 0 saturated carbocycles. The summed E-state index contributed by atoms with van der Waals surface area (Å²) < 4.78 is 10.1. The van der Waals surface area contributed by atoms with E-state index in [-0.39, 0.29) is 0 Å². The summed E-state index contributed by atoms with van der Waals surface area (Å²) >= 11 is 1.72. The van der Waals surface area contributed by atoms with Gasteiger partial charge in [0.25, 0.3) is 0 Å². The number of nitrogens with zero attached hydrogens (tertiary/aromatic N) is 1. The Morgan fingerprint density at radius 3 is 2.94 bits per heavy atom. The lowest BCUT2D eigenvalue weighted by Gasteiger charge is -2.04. The first-order chi connectivity index (χ1) is 8.69. The van der Waals surface area contributed by atoms with Crippen molar-refractivity contribution < 1.29 is 9.26 Å². The largest absolute Gasteiger partial charge is 0.399 e. The third-order valence-corrected chi connectivity index (χ3v) is 3.68. The van der Waals surface area contributed by atoms with Gasteiger partial charge in [0.2, 0.25) is 0 Å². The van der Waals surface area contributed by atoms with Gasteiger partial charge in [0.05, 0.1) is 5.69 Å². The standard InChI is InChI=1S/C13H16N2O2S/c1-9-5-10(14)3-4-13(9)18-8-11-6-12(7-16-2)17-15-11/h3-6H,7-8,14H2,1-2H3. The van der Waals surface area contributed by atoms with Gasteiger partial charge in [-0.15, -0.1) is 11.8 Å². The number of thioether (sulfide) groups is 1. The molecule has 18 heavy (non-hydrogen) atoms. The molecule has 96 valence electrons. The number of hydrogen-bond acceptors (Lipinski definition) is 5. The third-order valence-electron chi connectivity index (χ3n) is 2.47. The monoisotopic (exact) mass is 264 g/mol. The summed E-state index contributed by atoms with van der Waals surface area (Å²) in [6, 6.07) is 7.84. The minimum absolute atomic E-state index is 0.457. The Hall–Kier alpha value is -1.46. The molecule has 2 N–H and O–H groups in total. The first-order valence-corrected chi connectivity index (χ1v) is 6.60. The zero-order valence-corrected chi connectivity index (χ0v) is 11.3. The van der Waals surface area contributed by atoms with Gasteiger partial charge in [0.1, 0.15) is 6.61 Å². The van der Waals surface area contributed by atoms with E-state index < -0.39 is 0 Å². The van der Waals surface area contributed by atoms with Gasteiger partial charge < -0.3 is 15.0 Å². The van der Waals surface area contributed by atoms with E-state index in [4.69, 9.17) is 15.0 Å². The van der Waals surface area contributed by atoms with Crippen LogP contribution >= 0.6 is 11.8 Å². The summed E-state index contributed by atoms with van der Waals surface area (Å²) in [4.78, 5) is 1.21. The van der Waals surface area contributed by atoms with Crippen LogP contribution in [0.5, 0.6) is 0 Å². The molecular formula is C13H16N2O2S. The fourth-order valence-corrected chi connectivity index (χ4v) is 2.51. The predicted molar refractivity (Wildman–Crippen MR) is 72.4 cm³/mol. The second-order valence-electron chi connectivity index (χ2n) is 4.03. The summed E-state index contributed by atoms with van der Waals surface area (Å²) in [7, 11) is 1.63. The maximum atomic E-state index is 5.72. The lowest BCUT2D eigenvalue weighted by molar-refractivity contribution is 0.156. The van der Waals surface area contributed by atoms with Gasteiger partial charge in [0.15, 0.2) is 5.76 Å². The first-order valence-electron chi connectivity index (χ1n) is 5.61. The molecule has 0 atom stereocenters. The number of aromatic nitrogens is 1. The van der Waals surface area contributed by atoms with E-state index in [0.29, 0.717) is 6.61 Å². The molecule has 0 saturated heterocycles. The van der Waals surface area contributed by atoms with Crippen LogP contribution in [0.4, 0.5) is 5.69 Å². The maximum Gasteiger partial charge on any atom is 0.162 e. The second kappa shape index (κ2) is 5.93. The molecule has 0 amide bonds. The van der Waals surface area contributed by atoms with Crippen molar-refractivity contribution in [1.29, 1.82) is 0 Å². The van der Waals surface area contributed by atoms with Crippen molar-refractivity contribution in [3.8, 4) is 0 Å². The molecule has 0 fully saturated rings. The van der Waals surface area contributed by atoms with E-state index >= 15 is 0 Å². The molecule has 0 aliphatic heterocycles. The highest BCUT2D eigenvalue weighted by Crippen LogP contribution is 2.27. The lowest BCUT2D eigenvalue weighted by Crippen LogP contribution is -1.88. The molecule has 0 aliphatic carbocycles. The number of methoxy groups -OCH3 is 1. The number of rotatable bonds is 5. The molecular weight excluding hydrogens is 248 g/mol. The molecule has 1 aromatic carbocycles. The highest BCUT2D eigenvalue weighted by atomic mass is 32.2. The van der Waals surface area contributed by atoms with E-state index in [1.165, 1.54) is 10.5 Å². The summed E-state index contributed by atoms with van der Waals surface area (Å²) in [5.41, 5.74) is 8.61. The van der Waals surface area contributed by atoms with Gasteiger partial charge in [-0.05, 0) is 30.7 Å². The van der Waals surface area contributed by atoms with E-state index in [1.54, 1.807) is 18.9 Å². The average molecular weight is 264 g/mol. The number of hydrogen-bond donors (Lipinski definition) is 1. The van der Waals surface area contributed by atoms with Gasteiger partial charge in [0, 0.05) is 29.5 Å². The Labute approximate surface area is 110 Å². The molecule has 0 bridgehead atoms.